The Hall–Kier alpha value is -3.44. The minimum absolute atomic E-state index is 0.378. The maximum absolute atomic E-state index is 5.71. The molecule has 0 amide bonds. The number of benzene rings is 3. The topological polar surface area (TPSA) is 56.3 Å². The summed E-state index contributed by atoms with van der Waals surface area (Å²) in [6, 6.07) is 25.7. The van der Waals surface area contributed by atoms with Crippen molar-refractivity contribution in [3.63, 3.8) is 0 Å². The summed E-state index contributed by atoms with van der Waals surface area (Å²) in [5.41, 5.74) is 2.79. The van der Waals surface area contributed by atoms with Gasteiger partial charge < -0.3 is 14.8 Å². The molecule has 5 heteroatoms. The molecule has 0 aliphatic heterocycles. The number of nitrogens with one attached hydrogen (secondary N) is 1. The molecule has 5 nitrogen and oxygen atoms in total. The van der Waals surface area contributed by atoms with Crippen LogP contribution < -0.4 is 10.1 Å². The van der Waals surface area contributed by atoms with Crippen LogP contribution in [0.3, 0.4) is 0 Å². The van der Waals surface area contributed by atoms with Crippen LogP contribution in [0.15, 0.2) is 78.9 Å². The molecule has 0 aliphatic carbocycles. The summed E-state index contributed by atoms with van der Waals surface area (Å²) in [5, 5.41) is 4.36. The van der Waals surface area contributed by atoms with Gasteiger partial charge in [0.2, 0.25) is 0 Å². The molecule has 4 aromatic rings. The molecule has 1 unspecified atom stereocenters. The maximum Gasteiger partial charge on any atom is 0.162 e. The number of hydrogen-bond acceptors (Lipinski definition) is 5. The lowest BCUT2D eigenvalue weighted by molar-refractivity contribution is 0.126. The zero-order valence-electron chi connectivity index (χ0n) is 15.8. The summed E-state index contributed by atoms with van der Waals surface area (Å²) >= 11 is 0. The number of para-hydroxylation sites is 1. The highest BCUT2D eigenvalue weighted by molar-refractivity contribution is 5.90. The van der Waals surface area contributed by atoms with Crippen molar-refractivity contribution in [3.8, 4) is 17.1 Å². The van der Waals surface area contributed by atoms with Crippen LogP contribution in [-0.4, -0.2) is 24.2 Å². The molecular formula is C23H21N3O2. The molecule has 28 heavy (non-hydrogen) atoms. The van der Waals surface area contributed by atoms with E-state index < -0.39 is 0 Å². The first-order valence-electron chi connectivity index (χ1n) is 9.04. The minimum Gasteiger partial charge on any atom is -0.497 e. The van der Waals surface area contributed by atoms with Gasteiger partial charge in [0, 0.05) is 23.6 Å². The number of hydrogen-bond donors (Lipinski definition) is 1. The number of aromatic nitrogens is 2. The van der Waals surface area contributed by atoms with Gasteiger partial charge >= 0.3 is 0 Å². The summed E-state index contributed by atoms with van der Waals surface area (Å²) in [4.78, 5) is 9.52. The van der Waals surface area contributed by atoms with E-state index >= 15 is 0 Å². The molecule has 0 fully saturated rings. The molecule has 0 radical (unpaired) electrons. The van der Waals surface area contributed by atoms with Crippen LogP contribution >= 0.6 is 0 Å². The number of fused-ring (bicyclic) bond motifs is 1. The van der Waals surface area contributed by atoms with Gasteiger partial charge in [-0.3, -0.25) is 0 Å². The number of rotatable bonds is 6. The van der Waals surface area contributed by atoms with E-state index in [0.29, 0.717) is 5.82 Å². The van der Waals surface area contributed by atoms with Gasteiger partial charge in [-0.25, -0.2) is 9.97 Å². The molecular weight excluding hydrogens is 350 g/mol. The van der Waals surface area contributed by atoms with E-state index in [0.717, 1.165) is 33.6 Å². The molecule has 0 saturated heterocycles. The molecule has 140 valence electrons. The predicted molar refractivity (Wildman–Crippen MR) is 111 cm³/mol. The minimum atomic E-state index is -0.378. The fourth-order valence-electron chi connectivity index (χ4n) is 3.11. The molecule has 0 saturated carbocycles. The first-order chi connectivity index (χ1) is 13.8. The maximum atomic E-state index is 5.71. The highest BCUT2D eigenvalue weighted by atomic mass is 16.5. The van der Waals surface area contributed by atoms with Gasteiger partial charge in [-0.15, -0.1) is 0 Å². The van der Waals surface area contributed by atoms with E-state index in [4.69, 9.17) is 19.4 Å². The summed E-state index contributed by atoms with van der Waals surface area (Å²) in [6.45, 7) is 0. The fourth-order valence-corrected chi connectivity index (χ4v) is 3.11. The Balaban J connectivity index is 1.78. The monoisotopic (exact) mass is 371 g/mol. The normalized spacial score (nSPS) is 11.9. The smallest absolute Gasteiger partial charge is 0.162 e. The van der Waals surface area contributed by atoms with Crippen LogP contribution in [-0.2, 0) is 4.74 Å². The Morgan fingerprint density at radius 2 is 1.61 bits per heavy atom. The standard InChI is InChI=1S/C23H21N3O2/c1-27-18-12-8-11-17(15-18)23(28-2)26-22-19-13-6-7-14-20(19)24-21(25-22)16-9-4-3-5-10-16/h3-15,23H,1-2H3,(H,24,25,26). The van der Waals surface area contributed by atoms with Crippen LogP contribution in [0.4, 0.5) is 5.82 Å². The van der Waals surface area contributed by atoms with Crippen LogP contribution in [0.25, 0.3) is 22.3 Å². The highest BCUT2D eigenvalue weighted by Crippen LogP contribution is 2.29. The third-order valence-electron chi connectivity index (χ3n) is 4.54. The third-order valence-corrected chi connectivity index (χ3v) is 4.54. The van der Waals surface area contributed by atoms with Gasteiger partial charge in [-0.1, -0.05) is 54.6 Å². The van der Waals surface area contributed by atoms with Crippen molar-refractivity contribution in [1.82, 2.24) is 9.97 Å². The largest absolute Gasteiger partial charge is 0.497 e. The van der Waals surface area contributed by atoms with E-state index in [9.17, 15) is 0 Å². The van der Waals surface area contributed by atoms with Crippen molar-refractivity contribution in [2.24, 2.45) is 0 Å². The third kappa shape index (κ3) is 3.66. The van der Waals surface area contributed by atoms with Crippen molar-refractivity contribution in [3.05, 3.63) is 84.4 Å². The summed E-state index contributed by atoms with van der Waals surface area (Å²) in [7, 11) is 3.32. The highest BCUT2D eigenvalue weighted by Gasteiger charge is 2.15. The lowest BCUT2D eigenvalue weighted by Crippen LogP contribution is -2.14. The first kappa shape index (κ1) is 17.9. The van der Waals surface area contributed by atoms with Crippen molar-refractivity contribution in [2.45, 2.75) is 6.23 Å². The average Bonchev–Trinajstić information content (AvgIpc) is 2.77. The van der Waals surface area contributed by atoms with Gasteiger partial charge in [-0.2, -0.15) is 0 Å². The second-order valence-corrected chi connectivity index (χ2v) is 6.32. The molecule has 4 rings (SSSR count). The molecule has 1 heterocycles. The zero-order valence-corrected chi connectivity index (χ0v) is 15.8. The van der Waals surface area contributed by atoms with Gasteiger partial charge in [0.25, 0.3) is 0 Å². The Kier molecular flexibility index (Phi) is 5.17. The van der Waals surface area contributed by atoms with Crippen LogP contribution in [0.2, 0.25) is 0 Å². The van der Waals surface area contributed by atoms with Crippen molar-refractivity contribution >= 4 is 16.7 Å². The fraction of sp³-hybridized carbons (Fsp3) is 0.130. The van der Waals surface area contributed by atoms with Crippen molar-refractivity contribution in [2.75, 3.05) is 19.5 Å². The Morgan fingerprint density at radius 1 is 0.821 bits per heavy atom. The first-order valence-corrected chi connectivity index (χ1v) is 9.04. The molecule has 1 atom stereocenters. The van der Waals surface area contributed by atoms with Crippen LogP contribution in [0, 0.1) is 0 Å². The zero-order chi connectivity index (χ0) is 19.3. The number of methoxy groups -OCH3 is 2. The number of anilines is 1. The summed E-state index contributed by atoms with van der Waals surface area (Å²) in [6.07, 6.45) is -0.378. The van der Waals surface area contributed by atoms with E-state index in [1.54, 1.807) is 14.2 Å². The van der Waals surface area contributed by atoms with E-state index in [-0.39, 0.29) is 6.23 Å². The van der Waals surface area contributed by atoms with Crippen LogP contribution in [0.5, 0.6) is 5.75 Å². The predicted octanol–water partition coefficient (Wildman–Crippen LogP) is 5.06. The molecule has 3 aromatic carbocycles. The average molecular weight is 371 g/mol. The lowest BCUT2D eigenvalue weighted by Gasteiger charge is -2.20. The number of nitrogens with zero attached hydrogens (tertiary/aromatic N) is 2. The Bertz CT molecular complexity index is 1080. The number of ether oxygens (including phenoxy) is 2. The van der Waals surface area contributed by atoms with E-state index in [1.807, 2.05) is 78.9 Å². The van der Waals surface area contributed by atoms with Gasteiger partial charge in [0.05, 0.1) is 12.6 Å². The Labute approximate surface area is 164 Å². The Morgan fingerprint density at radius 3 is 2.39 bits per heavy atom. The van der Waals surface area contributed by atoms with Gasteiger partial charge in [-0.05, 0) is 24.3 Å². The van der Waals surface area contributed by atoms with Crippen LogP contribution in [0.1, 0.15) is 11.8 Å². The van der Waals surface area contributed by atoms with Crippen molar-refractivity contribution < 1.29 is 9.47 Å². The molecule has 1 aromatic heterocycles. The SMILES string of the molecule is COc1cccc(C(Nc2nc(-c3ccccc3)nc3ccccc23)OC)c1. The second-order valence-electron chi connectivity index (χ2n) is 6.32. The summed E-state index contributed by atoms with van der Waals surface area (Å²) in [5.74, 6) is 2.17. The van der Waals surface area contributed by atoms with Gasteiger partial charge in [0.15, 0.2) is 12.1 Å². The molecule has 0 aliphatic rings. The van der Waals surface area contributed by atoms with Crippen molar-refractivity contribution in [1.29, 1.82) is 0 Å². The lowest BCUT2D eigenvalue weighted by atomic mass is 10.1. The van der Waals surface area contributed by atoms with E-state index in [2.05, 4.69) is 5.32 Å². The van der Waals surface area contributed by atoms with Gasteiger partial charge in [0.1, 0.15) is 11.6 Å². The molecule has 0 spiro atoms. The molecule has 1 N–H and O–H groups in total. The molecule has 0 bridgehead atoms. The summed E-state index contributed by atoms with van der Waals surface area (Å²) < 4.78 is 11.0. The van der Waals surface area contributed by atoms with E-state index in [1.165, 1.54) is 0 Å². The quantitative estimate of drug-likeness (QED) is 0.480. The second kappa shape index (κ2) is 8.06.